The molecule has 0 radical (unpaired) electrons. The van der Waals surface area contributed by atoms with Crippen LogP contribution in [0.3, 0.4) is 0 Å². The van der Waals surface area contributed by atoms with Crippen molar-refractivity contribution in [3.05, 3.63) is 40.4 Å². The van der Waals surface area contributed by atoms with E-state index in [4.69, 9.17) is 0 Å². The molecule has 4 N–H and O–H groups in total. The third-order valence-electron chi connectivity index (χ3n) is 4.83. The number of allylic oxidation sites excluding steroid dienone is 1. The Balaban J connectivity index is 1.70. The van der Waals surface area contributed by atoms with Crippen LogP contribution in [0, 0.1) is 0 Å². The molecule has 1 fully saturated rings. The summed E-state index contributed by atoms with van der Waals surface area (Å²) < 4.78 is 0. The third-order valence-corrected chi connectivity index (χ3v) is 5.55. The van der Waals surface area contributed by atoms with Crippen molar-refractivity contribution in [3.8, 4) is 0 Å². The summed E-state index contributed by atoms with van der Waals surface area (Å²) in [6, 6.07) is 7.64. The summed E-state index contributed by atoms with van der Waals surface area (Å²) >= 11 is 1.38. The van der Waals surface area contributed by atoms with Gasteiger partial charge < -0.3 is 16.1 Å². The zero-order valence-electron chi connectivity index (χ0n) is 14.6. The molecule has 1 aromatic rings. The molecule has 0 aromatic heterocycles. The van der Waals surface area contributed by atoms with Crippen LogP contribution in [-0.2, 0) is 15.0 Å². The Bertz CT molecular complexity index is 696. The number of hydrogen-bond donors (Lipinski definition) is 4. The number of hydrogen-bond acceptors (Lipinski definition) is 5. The van der Waals surface area contributed by atoms with Gasteiger partial charge in [-0.25, -0.2) is 0 Å². The van der Waals surface area contributed by atoms with Crippen molar-refractivity contribution in [1.29, 1.82) is 0 Å². The standard InChI is InChI=1S/C18H24N4O2S/c1-3-11-19-17(24)18(9-4-10-18)13-5-7-14(8-6-13)20-16(23)15-12(2)25-22-21-15/h5-8,21-22H,3-4,9-11H2,1-2H3,(H,19,24)(H,20,23). The summed E-state index contributed by atoms with van der Waals surface area (Å²) in [6.07, 6.45) is 3.77. The van der Waals surface area contributed by atoms with Crippen molar-refractivity contribution in [2.45, 2.75) is 44.9 Å². The molecule has 0 bridgehead atoms. The molecule has 134 valence electrons. The van der Waals surface area contributed by atoms with Gasteiger partial charge in [-0.3, -0.25) is 9.59 Å². The van der Waals surface area contributed by atoms with Crippen LogP contribution < -0.4 is 20.9 Å². The molecule has 0 atom stereocenters. The first-order valence-electron chi connectivity index (χ1n) is 8.66. The monoisotopic (exact) mass is 360 g/mol. The van der Waals surface area contributed by atoms with E-state index in [0.717, 1.165) is 41.8 Å². The van der Waals surface area contributed by atoms with E-state index in [9.17, 15) is 9.59 Å². The lowest BCUT2D eigenvalue weighted by atomic mass is 9.64. The molecule has 0 saturated heterocycles. The van der Waals surface area contributed by atoms with Gasteiger partial charge in [-0.05, 0) is 55.8 Å². The summed E-state index contributed by atoms with van der Waals surface area (Å²) in [5.41, 5.74) is 4.72. The van der Waals surface area contributed by atoms with E-state index in [1.54, 1.807) is 0 Å². The molecule has 6 nitrogen and oxygen atoms in total. The van der Waals surface area contributed by atoms with Crippen LogP contribution >= 0.6 is 11.9 Å². The fourth-order valence-corrected chi connectivity index (χ4v) is 3.71. The lowest BCUT2D eigenvalue weighted by molar-refractivity contribution is -0.129. The van der Waals surface area contributed by atoms with Crippen LogP contribution in [-0.4, -0.2) is 18.4 Å². The number of benzene rings is 1. The second kappa shape index (κ2) is 7.49. The van der Waals surface area contributed by atoms with Crippen molar-refractivity contribution in [3.63, 3.8) is 0 Å². The van der Waals surface area contributed by atoms with Gasteiger partial charge in [0.1, 0.15) is 5.70 Å². The average molecular weight is 360 g/mol. The maximum absolute atomic E-state index is 12.6. The van der Waals surface area contributed by atoms with Gasteiger partial charge in [-0.2, -0.15) is 4.83 Å². The third kappa shape index (κ3) is 3.52. The maximum Gasteiger partial charge on any atom is 0.273 e. The Morgan fingerprint density at radius 2 is 1.96 bits per heavy atom. The smallest absolute Gasteiger partial charge is 0.273 e. The minimum absolute atomic E-state index is 0.122. The minimum atomic E-state index is -0.398. The second-order valence-electron chi connectivity index (χ2n) is 6.48. The number of anilines is 1. The molecule has 2 amide bonds. The summed E-state index contributed by atoms with van der Waals surface area (Å²) in [6.45, 7) is 4.64. The molecule has 1 heterocycles. The van der Waals surface area contributed by atoms with E-state index in [1.165, 1.54) is 11.9 Å². The maximum atomic E-state index is 12.6. The van der Waals surface area contributed by atoms with Gasteiger partial charge in [0.25, 0.3) is 5.91 Å². The van der Waals surface area contributed by atoms with Gasteiger partial charge in [-0.1, -0.05) is 25.5 Å². The van der Waals surface area contributed by atoms with Crippen molar-refractivity contribution >= 4 is 29.4 Å². The van der Waals surface area contributed by atoms with E-state index in [1.807, 2.05) is 31.2 Å². The minimum Gasteiger partial charge on any atom is -0.355 e. The highest BCUT2D eigenvalue weighted by Crippen LogP contribution is 2.44. The SMILES string of the molecule is CCCNC(=O)C1(c2ccc(NC(=O)C3=C(C)SNN3)cc2)CCC1. The molecule has 0 spiro atoms. The van der Waals surface area contributed by atoms with Crippen molar-refractivity contribution in [1.82, 2.24) is 15.6 Å². The number of amides is 2. The Morgan fingerprint density at radius 3 is 2.48 bits per heavy atom. The number of carbonyl (C=O) groups excluding carboxylic acids is 2. The predicted molar refractivity (Wildman–Crippen MR) is 100 cm³/mol. The Hall–Kier alpha value is -1.99. The number of carbonyl (C=O) groups is 2. The van der Waals surface area contributed by atoms with Gasteiger partial charge in [0, 0.05) is 17.1 Å². The topological polar surface area (TPSA) is 82.3 Å². The Labute approximate surface area is 152 Å². The molecular formula is C18H24N4O2S. The van der Waals surface area contributed by atoms with Crippen LogP contribution in [0.15, 0.2) is 34.9 Å². The fourth-order valence-electron chi connectivity index (χ4n) is 3.16. The van der Waals surface area contributed by atoms with Crippen LogP contribution in [0.25, 0.3) is 0 Å². The quantitative estimate of drug-likeness (QED) is 0.586. The molecule has 0 unspecified atom stereocenters. The summed E-state index contributed by atoms with van der Waals surface area (Å²) in [5.74, 6) is -0.0572. The van der Waals surface area contributed by atoms with E-state index in [-0.39, 0.29) is 11.8 Å². The van der Waals surface area contributed by atoms with Gasteiger partial charge >= 0.3 is 0 Å². The molecule has 2 aliphatic rings. The van der Waals surface area contributed by atoms with Crippen molar-refractivity contribution in [2.24, 2.45) is 0 Å². The lowest BCUT2D eigenvalue weighted by Gasteiger charge is -2.40. The number of hydrazine groups is 1. The Kier molecular flexibility index (Phi) is 5.34. The van der Waals surface area contributed by atoms with Gasteiger partial charge in [0.15, 0.2) is 0 Å². The van der Waals surface area contributed by atoms with Crippen LogP contribution in [0.1, 0.15) is 45.1 Å². The fraction of sp³-hybridized carbons (Fsp3) is 0.444. The summed E-state index contributed by atoms with van der Waals surface area (Å²) in [5, 5.41) is 5.91. The highest BCUT2D eigenvalue weighted by molar-refractivity contribution is 8.01. The molecule has 1 aromatic carbocycles. The van der Waals surface area contributed by atoms with E-state index in [0.29, 0.717) is 12.2 Å². The highest BCUT2D eigenvalue weighted by Gasteiger charge is 2.45. The van der Waals surface area contributed by atoms with Crippen molar-refractivity contribution < 1.29 is 9.59 Å². The molecular weight excluding hydrogens is 336 g/mol. The molecule has 25 heavy (non-hydrogen) atoms. The molecule has 1 saturated carbocycles. The zero-order chi connectivity index (χ0) is 17.9. The molecule has 7 heteroatoms. The van der Waals surface area contributed by atoms with E-state index < -0.39 is 5.41 Å². The molecule has 1 aliphatic heterocycles. The lowest BCUT2D eigenvalue weighted by Crippen LogP contribution is -2.49. The van der Waals surface area contributed by atoms with Gasteiger partial charge in [0.2, 0.25) is 5.91 Å². The predicted octanol–water partition coefficient (Wildman–Crippen LogP) is 2.56. The van der Waals surface area contributed by atoms with Gasteiger partial charge in [0.05, 0.1) is 5.41 Å². The number of nitrogens with one attached hydrogen (secondary N) is 4. The first-order chi connectivity index (χ1) is 12.1. The average Bonchev–Trinajstić information content (AvgIpc) is 2.99. The summed E-state index contributed by atoms with van der Waals surface area (Å²) in [4.78, 5) is 28.6. The van der Waals surface area contributed by atoms with Crippen molar-refractivity contribution in [2.75, 3.05) is 11.9 Å². The number of rotatable bonds is 6. The first kappa shape index (κ1) is 17.8. The van der Waals surface area contributed by atoms with Crippen LogP contribution in [0.4, 0.5) is 5.69 Å². The molecule has 1 aliphatic carbocycles. The van der Waals surface area contributed by atoms with Crippen LogP contribution in [0.5, 0.6) is 0 Å². The largest absolute Gasteiger partial charge is 0.355 e. The van der Waals surface area contributed by atoms with Gasteiger partial charge in [-0.15, -0.1) is 0 Å². The zero-order valence-corrected chi connectivity index (χ0v) is 15.4. The summed E-state index contributed by atoms with van der Waals surface area (Å²) in [7, 11) is 0. The Morgan fingerprint density at radius 1 is 1.24 bits per heavy atom. The molecule has 3 rings (SSSR count). The first-order valence-corrected chi connectivity index (χ1v) is 9.47. The highest BCUT2D eigenvalue weighted by atomic mass is 32.2. The van der Waals surface area contributed by atoms with E-state index in [2.05, 4.69) is 27.8 Å². The van der Waals surface area contributed by atoms with Crippen LogP contribution in [0.2, 0.25) is 0 Å². The normalized spacial score (nSPS) is 18.3. The van der Waals surface area contributed by atoms with E-state index >= 15 is 0 Å². The second-order valence-corrected chi connectivity index (χ2v) is 7.50.